The van der Waals surface area contributed by atoms with Crippen molar-refractivity contribution in [3.05, 3.63) is 41.6 Å². The molecular weight excluding hydrogens is 412 g/mol. The molecular formula is C23H30N4O5. The molecule has 0 saturated carbocycles. The quantitative estimate of drug-likeness (QED) is 0.697. The lowest BCUT2D eigenvalue weighted by Gasteiger charge is -2.35. The number of benzene rings is 1. The summed E-state index contributed by atoms with van der Waals surface area (Å²) in [5, 5.41) is 9.98. The Hall–Kier alpha value is -2.59. The molecule has 0 radical (unpaired) electrons. The van der Waals surface area contributed by atoms with Gasteiger partial charge in [0.05, 0.1) is 56.3 Å². The van der Waals surface area contributed by atoms with Crippen LogP contribution in [0.4, 0.5) is 0 Å². The molecule has 2 saturated heterocycles. The molecule has 2 amide bonds. The van der Waals surface area contributed by atoms with E-state index in [0.29, 0.717) is 56.2 Å². The molecule has 2 fully saturated rings. The zero-order valence-electron chi connectivity index (χ0n) is 18.4. The molecule has 1 N–H and O–H groups in total. The van der Waals surface area contributed by atoms with Gasteiger partial charge in [-0.1, -0.05) is 18.2 Å². The average molecular weight is 443 g/mol. The Morgan fingerprint density at radius 3 is 2.75 bits per heavy atom. The number of fused-ring (bicyclic) bond motifs is 1. The number of rotatable bonds is 6. The monoisotopic (exact) mass is 442 g/mol. The van der Waals surface area contributed by atoms with Gasteiger partial charge >= 0.3 is 0 Å². The SMILES string of the molecule is CN(CCO)C(=O)c1cc([C@@H]2CN(C(=O)CN3CCOCC3)CCO2)nc2ccccc12. The van der Waals surface area contributed by atoms with Crippen molar-refractivity contribution < 1.29 is 24.2 Å². The first-order valence-corrected chi connectivity index (χ1v) is 11.0. The number of nitrogens with zero attached hydrogens (tertiary/aromatic N) is 4. The van der Waals surface area contributed by atoms with Crippen LogP contribution in [0.3, 0.4) is 0 Å². The minimum atomic E-state index is -0.406. The third-order valence-electron chi connectivity index (χ3n) is 5.96. The number of pyridine rings is 1. The molecule has 0 unspecified atom stereocenters. The van der Waals surface area contributed by atoms with Gasteiger partial charge in [0, 0.05) is 38.6 Å². The summed E-state index contributed by atoms with van der Waals surface area (Å²) in [4.78, 5) is 36.1. The van der Waals surface area contributed by atoms with Gasteiger partial charge in [-0.3, -0.25) is 14.5 Å². The Labute approximate surface area is 187 Å². The van der Waals surface area contributed by atoms with Gasteiger partial charge in [-0.2, -0.15) is 0 Å². The van der Waals surface area contributed by atoms with Gasteiger partial charge in [0.15, 0.2) is 0 Å². The molecule has 32 heavy (non-hydrogen) atoms. The van der Waals surface area contributed by atoms with Crippen LogP contribution >= 0.6 is 0 Å². The normalized spacial score (nSPS) is 19.8. The maximum Gasteiger partial charge on any atom is 0.254 e. The number of hydrogen-bond acceptors (Lipinski definition) is 7. The maximum absolute atomic E-state index is 13.0. The van der Waals surface area contributed by atoms with E-state index in [9.17, 15) is 14.7 Å². The Kier molecular flexibility index (Phi) is 7.31. The molecule has 9 nitrogen and oxygen atoms in total. The molecule has 2 aromatic rings. The van der Waals surface area contributed by atoms with Crippen molar-refractivity contribution in [1.29, 1.82) is 0 Å². The summed E-state index contributed by atoms with van der Waals surface area (Å²) >= 11 is 0. The summed E-state index contributed by atoms with van der Waals surface area (Å²) in [6, 6.07) is 9.25. The standard InChI is InChI=1S/C23H30N4O5/c1-25(6-10-28)23(30)18-14-20(24-19-5-3-2-4-17(18)19)21-15-27(9-13-32-21)22(29)16-26-7-11-31-12-8-26/h2-5,14,21,28H,6-13,15-16H2,1H3/t21-/m0/s1. The predicted octanol–water partition coefficient (Wildman–Crippen LogP) is 0.531. The van der Waals surface area contributed by atoms with E-state index in [-0.39, 0.29) is 25.0 Å². The highest BCUT2D eigenvalue weighted by Crippen LogP contribution is 2.27. The number of aromatic nitrogens is 1. The molecule has 4 rings (SSSR count). The van der Waals surface area contributed by atoms with E-state index >= 15 is 0 Å². The first-order chi connectivity index (χ1) is 15.6. The number of carbonyl (C=O) groups is 2. The molecule has 9 heteroatoms. The summed E-state index contributed by atoms with van der Waals surface area (Å²) in [5.41, 5.74) is 1.85. The van der Waals surface area contributed by atoms with Crippen molar-refractivity contribution in [2.75, 3.05) is 72.7 Å². The lowest BCUT2D eigenvalue weighted by molar-refractivity contribution is -0.141. The molecule has 2 aliphatic heterocycles. The zero-order valence-corrected chi connectivity index (χ0v) is 18.4. The fourth-order valence-corrected chi connectivity index (χ4v) is 4.10. The minimum Gasteiger partial charge on any atom is -0.395 e. The minimum absolute atomic E-state index is 0.0694. The van der Waals surface area contributed by atoms with Gasteiger partial charge in [-0.15, -0.1) is 0 Å². The lowest BCUT2D eigenvalue weighted by atomic mass is 10.0. The molecule has 1 aromatic carbocycles. The first kappa shape index (κ1) is 22.6. The van der Waals surface area contributed by atoms with E-state index in [2.05, 4.69) is 4.90 Å². The van der Waals surface area contributed by atoms with Gasteiger partial charge < -0.3 is 24.4 Å². The Morgan fingerprint density at radius 2 is 1.97 bits per heavy atom. The van der Waals surface area contributed by atoms with Crippen LogP contribution in [-0.2, 0) is 14.3 Å². The number of ether oxygens (including phenoxy) is 2. The maximum atomic E-state index is 13.0. The van der Waals surface area contributed by atoms with Crippen molar-refractivity contribution >= 4 is 22.7 Å². The van der Waals surface area contributed by atoms with Crippen LogP contribution in [0.2, 0.25) is 0 Å². The fourth-order valence-electron chi connectivity index (χ4n) is 4.10. The highest BCUT2D eigenvalue weighted by molar-refractivity contribution is 6.06. The van der Waals surface area contributed by atoms with Crippen LogP contribution in [0.5, 0.6) is 0 Å². The molecule has 1 atom stereocenters. The second-order valence-corrected chi connectivity index (χ2v) is 8.15. The molecule has 1 aromatic heterocycles. The van der Waals surface area contributed by atoms with Crippen LogP contribution in [0, 0.1) is 0 Å². The second kappa shape index (κ2) is 10.4. The van der Waals surface area contributed by atoms with Crippen molar-refractivity contribution in [3.8, 4) is 0 Å². The molecule has 3 heterocycles. The number of aliphatic hydroxyl groups excluding tert-OH is 1. The van der Waals surface area contributed by atoms with Gasteiger partial charge in [-0.05, 0) is 12.1 Å². The Balaban J connectivity index is 1.55. The van der Waals surface area contributed by atoms with Gasteiger partial charge in [0.2, 0.25) is 5.91 Å². The summed E-state index contributed by atoms with van der Waals surface area (Å²) in [7, 11) is 1.66. The summed E-state index contributed by atoms with van der Waals surface area (Å²) in [5.74, 6) is -0.116. The van der Waals surface area contributed by atoms with Gasteiger partial charge in [0.25, 0.3) is 5.91 Å². The summed E-state index contributed by atoms with van der Waals surface area (Å²) in [6.45, 7) is 4.70. The number of likely N-dealkylation sites (N-methyl/N-ethyl adjacent to an activating group) is 1. The number of amides is 2. The number of morpholine rings is 2. The smallest absolute Gasteiger partial charge is 0.254 e. The third kappa shape index (κ3) is 5.07. The van der Waals surface area contributed by atoms with E-state index < -0.39 is 6.10 Å². The van der Waals surface area contributed by atoms with Crippen molar-refractivity contribution in [2.24, 2.45) is 0 Å². The molecule has 2 aliphatic rings. The molecule has 172 valence electrons. The van der Waals surface area contributed by atoms with Crippen molar-refractivity contribution in [2.45, 2.75) is 6.10 Å². The lowest BCUT2D eigenvalue weighted by Crippen LogP contribution is -2.48. The highest BCUT2D eigenvalue weighted by atomic mass is 16.5. The molecule has 0 spiro atoms. The van der Waals surface area contributed by atoms with Crippen LogP contribution in [0.25, 0.3) is 10.9 Å². The largest absolute Gasteiger partial charge is 0.395 e. The number of carbonyl (C=O) groups excluding carboxylic acids is 2. The van der Waals surface area contributed by atoms with Crippen LogP contribution in [0.15, 0.2) is 30.3 Å². The predicted molar refractivity (Wildman–Crippen MR) is 118 cm³/mol. The second-order valence-electron chi connectivity index (χ2n) is 8.15. The van der Waals surface area contributed by atoms with Crippen LogP contribution in [0.1, 0.15) is 22.2 Å². The van der Waals surface area contributed by atoms with E-state index in [1.54, 1.807) is 13.1 Å². The highest BCUT2D eigenvalue weighted by Gasteiger charge is 2.29. The topological polar surface area (TPSA) is 95.4 Å². The van der Waals surface area contributed by atoms with Crippen molar-refractivity contribution in [1.82, 2.24) is 19.7 Å². The third-order valence-corrected chi connectivity index (χ3v) is 5.96. The van der Waals surface area contributed by atoms with Crippen LogP contribution in [-0.4, -0.2) is 109 Å². The average Bonchev–Trinajstić information content (AvgIpc) is 2.83. The first-order valence-electron chi connectivity index (χ1n) is 11.0. The van der Waals surface area contributed by atoms with E-state index in [1.807, 2.05) is 29.2 Å². The van der Waals surface area contributed by atoms with Gasteiger partial charge in [-0.25, -0.2) is 4.98 Å². The number of aliphatic hydroxyl groups is 1. The van der Waals surface area contributed by atoms with Gasteiger partial charge in [0.1, 0.15) is 6.10 Å². The van der Waals surface area contributed by atoms with Crippen LogP contribution < -0.4 is 0 Å². The number of hydrogen-bond donors (Lipinski definition) is 1. The molecule has 0 aliphatic carbocycles. The zero-order chi connectivity index (χ0) is 22.5. The Morgan fingerprint density at radius 1 is 1.19 bits per heavy atom. The fraction of sp³-hybridized carbons (Fsp3) is 0.522. The number of para-hydroxylation sites is 1. The van der Waals surface area contributed by atoms with E-state index in [1.165, 1.54) is 4.90 Å². The summed E-state index contributed by atoms with van der Waals surface area (Å²) in [6.07, 6.45) is -0.406. The van der Waals surface area contributed by atoms with Crippen molar-refractivity contribution in [3.63, 3.8) is 0 Å². The molecule has 0 bridgehead atoms. The summed E-state index contributed by atoms with van der Waals surface area (Å²) < 4.78 is 11.3. The van der Waals surface area contributed by atoms with E-state index in [0.717, 1.165) is 18.5 Å². The van der Waals surface area contributed by atoms with E-state index in [4.69, 9.17) is 14.5 Å². The Bertz CT molecular complexity index is 963.